The zero-order chi connectivity index (χ0) is 5.70. The van der Waals surface area contributed by atoms with Gasteiger partial charge in [-0.1, -0.05) is 0 Å². The zero-order valence-corrected chi connectivity index (χ0v) is 3.59. The lowest BCUT2D eigenvalue weighted by molar-refractivity contribution is 0.140. The Bertz CT molecular complexity index is 119. The number of nitriles is 2. The van der Waals surface area contributed by atoms with E-state index in [0.29, 0.717) is 0 Å². The molecule has 0 fully saturated rings. The average molecular weight is 95.1 g/mol. The molecule has 0 rings (SSSR count). The van der Waals surface area contributed by atoms with E-state index in [4.69, 9.17) is 10.5 Å². The normalized spacial score (nSPS) is 11.3. The summed E-state index contributed by atoms with van der Waals surface area (Å²) in [5.74, 6) is 0. The molecule has 1 unspecified atom stereocenters. The van der Waals surface area contributed by atoms with Crippen molar-refractivity contribution in [3.8, 4) is 12.1 Å². The Morgan fingerprint density at radius 2 is 2.14 bits per heavy atom. The first-order valence-electron chi connectivity index (χ1n) is 1.73. The van der Waals surface area contributed by atoms with E-state index in [1.165, 1.54) is 6.07 Å². The van der Waals surface area contributed by atoms with Crippen molar-refractivity contribution in [1.82, 2.24) is 0 Å². The predicted octanol–water partition coefficient (Wildman–Crippen LogP) is 0.223. The zero-order valence-electron chi connectivity index (χ0n) is 3.59. The second kappa shape index (κ2) is 3.14. The molecule has 0 spiro atoms. The van der Waals surface area contributed by atoms with Crippen molar-refractivity contribution in [1.29, 1.82) is 10.5 Å². The number of nitrogens with zero attached hydrogens (tertiary/aromatic N) is 2. The third kappa shape index (κ3) is 2.75. The fourth-order valence-electron chi connectivity index (χ4n) is 0.129. The molecule has 3 heteroatoms. The molecule has 0 saturated heterocycles. The van der Waals surface area contributed by atoms with Gasteiger partial charge in [-0.25, -0.2) is 5.11 Å². The van der Waals surface area contributed by atoms with Crippen molar-refractivity contribution in [2.45, 2.75) is 12.5 Å². The van der Waals surface area contributed by atoms with Crippen molar-refractivity contribution in [2.24, 2.45) is 0 Å². The summed E-state index contributed by atoms with van der Waals surface area (Å²) in [4.78, 5) is 0. The maximum absolute atomic E-state index is 9.91. The second-order valence-electron chi connectivity index (χ2n) is 0.980. The molecule has 0 saturated carbocycles. The summed E-state index contributed by atoms with van der Waals surface area (Å²) in [6.07, 6.45) is -1.57. The molecular formula is C4H3N2O. The molecule has 35 valence electrons. The molecule has 0 amide bonds. The minimum atomic E-state index is -1.36. The van der Waals surface area contributed by atoms with E-state index in [1.807, 2.05) is 0 Å². The maximum atomic E-state index is 9.91. The summed E-state index contributed by atoms with van der Waals surface area (Å²) in [5, 5.41) is 25.4. The van der Waals surface area contributed by atoms with E-state index in [9.17, 15) is 5.11 Å². The minimum Gasteiger partial charge on any atom is -0.215 e. The van der Waals surface area contributed by atoms with Crippen LogP contribution in [0.2, 0.25) is 0 Å². The van der Waals surface area contributed by atoms with E-state index in [-0.39, 0.29) is 6.42 Å². The first kappa shape index (κ1) is 5.94. The van der Waals surface area contributed by atoms with E-state index in [1.54, 1.807) is 6.07 Å². The van der Waals surface area contributed by atoms with Gasteiger partial charge in [0.25, 0.3) is 0 Å². The standard InChI is InChI=1S/C4H3N2O/c5-2-1-4(7)3-6/h4H,1H2. The van der Waals surface area contributed by atoms with Crippen LogP contribution >= 0.6 is 0 Å². The first-order valence-corrected chi connectivity index (χ1v) is 1.73. The molecule has 3 nitrogen and oxygen atoms in total. The molecule has 0 aromatic carbocycles. The Morgan fingerprint density at radius 1 is 1.57 bits per heavy atom. The topological polar surface area (TPSA) is 67.5 Å². The molecule has 7 heavy (non-hydrogen) atoms. The van der Waals surface area contributed by atoms with Gasteiger partial charge in [-0.2, -0.15) is 10.5 Å². The van der Waals surface area contributed by atoms with Crippen LogP contribution in [-0.4, -0.2) is 6.10 Å². The molecule has 1 atom stereocenters. The molecule has 0 aliphatic heterocycles. The van der Waals surface area contributed by atoms with Crippen LogP contribution in [0.1, 0.15) is 6.42 Å². The third-order valence-electron chi connectivity index (χ3n) is 0.421. The van der Waals surface area contributed by atoms with E-state index in [0.717, 1.165) is 0 Å². The highest BCUT2D eigenvalue weighted by atomic mass is 16.3. The van der Waals surface area contributed by atoms with Crippen molar-refractivity contribution >= 4 is 0 Å². The average Bonchev–Trinajstić information content (AvgIpc) is 1.68. The van der Waals surface area contributed by atoms with Crippen molar-refractivity contribution in [3.63, 3.8) is 0 Å². The Kier molecular flexibility index (Phi) is 2.67. The van der Waals surface area contributed by atoms with E-state index in [2.05, 4.69) is 0 Å². The van der Waals surface area contributed by atoms with Crippen LogP contribution in [0.4, 0.5) is 0 Å². The molecule has 1 radical (unpaired) electrons. The van der Waals surface area contributed by atoms with Gasteiger partial charge in [0, 0.05) is 0 Å². The highest BCUT2D eigenvalue weighted by molar-refractivity contribution is 4.89. The summed E-state index contributed by atoms with van der Waals surface area (Å²) in [6, 6.07) is 2.97. The van der Waals surface area contributed by atoms with Gasteiger partial charge in [-0.05, 0) is 0 Å². The van der Waals surface area contributed by atoms with Gasteiger partial charge in [-0.3, -0.25) is 0 Å². The minimum absolute atomic E-state index is 0.212. The summed E-state index contributed by atoms with van der Waals surface area (Å²) in [7, 11) is 0. The Hall–Kier alpha value is -1.06. The fourth-order valence-corrected chi connectivity index (χ4v) is 0.129. The Balaban J connectivity index is 3.27. The molecule has 0 aliphatic rings. The lowest BCUT2D eigenvalue weighted by Gasteiger charge is -1.80. The Labute approximate surface area is 41.4 Å². The Morgan fingerprint density at radius 3 is 2.29 bits per heavy atom. The van der Waals surface area contributed by atoms with Crippen molar-refractivity contribution in [2.75, 3.05) is 0 Å². The van der Waals surface area contributed by atoms with Crippen molar-refractivity contribution < 1.29 is 5.11 Å². The SMILES string of the molecule is N#CCC([O])C#N. The second-order valence-corrected chi connectivity index (χ2v) is 0.980. The molecular weight excluding hydrogens is 92.1 g/mol. The number of hydrogen-bond donors (Lipinski definition) is 0. The molecule has 0 aromatic rings. The number of hydrogen-bond acceptors (Lipinski definition) is 2. The lowest BCUT2D eigenvalue weighted by atomic mass is 10.3. The maximum Gasteiger partial charge on any atom is 0.192 e. The lowest BCUT2D eigenvalue weighted by Crippen LogP contribution is -1.96. The van der Waals surface area contributed by atoms with Gasteiger partial charge < -0.3 is 0 Å². The van der Waals surface area contributed by atoms with Crippen LogP contribution in [0, 0.1) is 22.7 Å². The quantitative estimate of drug-likeness (QED) is 0.467. The van der Waals surface area contributed by atoms with Crippen LogP contribution in [0.3, 0.4) is 0 Å². The highest BCUT2D eigenvalue weighted by Gasteiger charge is 1.98. The van der Waals surface area contributed by atoms with E-state index >= 15 is 0 Å². The van der Waals surface area contributed by atoms with Crippen LogP contribution in [0.5, 0.6) is 0 Å². The summed E-state index contributed by atoms with van der Waals surface area (Å²) >= 11 is 0. The summed E-state index contributed by atoms with van der Waals surface area (Å²) in [6.45, 7) is 0. The highest BCUT2D eigenvalue weighted by Crippen LogP contribution is 1.84. The monoisotopic (exact) mass is 95.0 g/mol. The smallest absolute Gasteiger partial charge is 0.192 e. The van der Waals surface area contributed by atoms with Gasteiger partial charge in [-0.15, -0.1) is 0 Å². The van der Waals surface area contributed by atoms with Crippen molar-refractivity contribution in [3.05, 3.63) is 0 Å². The van der Waals surface area contributed by atoms with E-state index < -0.39 is 6.10 Å². The molecule has 0 bridgehead atoms. The molecule has 0 heterocycles. The molecule has 0 aliphatic carbocycles. The molecule has 0 aromatic heterocycles. The summed E-state index contributed by atoms with van der Waals surface area (Å²) in [5.41, 5.74) is 0. The number of rotatable bonds is 1. The summed E-state index contributed by atoms with van der Waals surface area (Å²) < 4.78 is 0. The van der Waals surface area contributed by atoms with Gasteiger partial charge in [0.1, 0.15) is 0 Å². The van der Waals surface area contributed by atoms with Gasteiger partial charge in [0.05, 0.1) is 18.6 Å². The van der Waals surface area contributed by atoms with Crippen LogP contribution < -0.4 is 0 Å². The van der Waals surface area contributed by atoms with Crippen LogP contribution in [0.25, 0.3) is 0 Å². The first-order chi connectivity index (χ1) is 3.31. The fraction of sp³-hybridized carbons (Fsp3) is 0.500. The largest absolute Gasteiger partial charge is 0.215 e. The molecule has 0 N–H and O–H groups in total. The van der Waals surface area contributed by atoms with Gasteiger partial charge in [0.2, 0.25) is 0 Å². The van der Waals surface area contributed by atoms with Gasteiger partial charge >= 0.3 is 0 Å². The van der Waals surface area contributed by atoms with Crippen LogP contribution in [-0.2, 0) is 5.11 Å². The predicted molar refractivity (Wildman–Crippen MR) is 20.3 cm³/mol. The van der Waals surface area contributed by atoms with Gasteiger partial charge in [0.15, 0.2) is 6.10 Å². The third-order valence-corrected chi connectivity index (χ3v) is 0.421. The van der Waals surface area contributed by atoms with Crippen LogP contribution in [0.15, 0.2) is 0 Å².